The summed E-state index contributed by atoms with van der Waals surface area (Å²) in [5, 5.41) is 0.484. The van der Waals surface area contributed by atoms with Crippen LogP contribution >= 0.6 is 11.6 Å². The third-order valence-electron chi connectivity index (χ3n) is 3.63. The summed E-state index contributed by atoms with van der Waals surface area (Å²) >= 11 is 6.19. The molecule has 0 saturated carbocycles. The van der Waals surface area contributed by atoms with E-state index < -0.39 is 0 Å². The molecule has 1 heterocycles. The van der Waals surface area contributed by atoms with E-state index in [0.717, 1.165) is 23.2 Å². The fraction of sp³-hybridized carbons (Fsp3) is 0.188. The largest absolute Gasteiger partial charge is 0.397 e. The van der Waals surface area contributed by atoms with Gasteiger partial charge in [-0.2, -0.15) is 0 Å². The Bertz CT molecular complexity index is 697. The SMILES string of the molecule is Cc1ccc(C(=O)N2CCc3cccc(N)c32)c(Cl)c1. The van der Waals surface area contributed by atoms with E-state index in [1.54, 1.807) is 17.0 Å². The Kier molecular flexibility index (Phi) is 3.14. The summed E-state index contributed by atoms with van der Waals surface area (Å²) in [5.41, 5.74) is 10.1. The molecule has 0 saturated heterocycles. The highest BCUT2D eigenvalue weighted by molar-refractivity contribution is 6.34. The molecule has 4 heteroatoms. The molecule has 0 bridgehead atoms. The average molecular weight is 287 g/mol. The summed E-state index contributed by atoms with van der Waals surface area (Å²) in [7, 11) is 0. The van der Waals surface area contributed by atoms with Gasteiger partial charge in [0.2, 0.25) is 0 Å². The van der Waals surface area contributed by atoms with E-state index in [0.29, 0.717) is 22.8 Å². The minimum absolute atomic E-state index is 0.0911. The lowest BCUT2D eigenvalue weighted by Crippen LogP contribution is -2.29. The molecule has 0 fully saturated rings. The molecule has 1 aliphatic rings. The van der Waals surface area contributed by atoms with Gasteiger partial charge < -0.3 is 10.6 Å². The van der Waals surface area contributed by atoms with Crippen molar-refractivity contribution in [2.45, 2.75) is 13.3 Å². The number of para-hydroxylation sites is 1. The number of nitrogen functional groups attached to an aromatic ring is 1. The second-order valence-corrected chi connectivity index (χ2v) is 5.45. The minimum atomic E-state index is -0.0911. The molecule has 3 nitrogen and oxygen atoms in total. The van der Waals surface area contributed by atoms with E-state index >= 15 is 0 Å². The molecule has 3 rings (SSSR count). The van der Waals surface area contributed by atoms with Gasteiger partial charge in [-0.05, 0) is 42.7 Å². The van der Waals surface area contributed by atoms with Crippen LogP contribution in [0, 0.1) is 6.92 Å². The van der Waals surface area contributed by atoms with E-state index in [-0.39, 0.29) is 5.91 Å². The molecular weight excluding hydrogens is 272 g/mol. The van der Waals surface area contributed by atoms with E-state index in [1.807, 2.05) is 31.2 Å². The van der Waals surface area contributed by atoms with Crippen molar-refractivity contribution in [2.24, 2.45) is 0 Å². The molecule has 0 spiro atoms. The molecule has 1 aliphatic heterocycles. The standard InChI is InChI=1S/C16H15ClN2O/c1-10-5-6-12(13(17)9-10)16(20)19-8-7-11-3-2-4-14(18)15(11)19/h2-6,9H,7-8,18H2,1H3. The summed E-state index contributed by atoms with van der Waals surface area (Å²) in [6, 6.07) is 11.2. The van der Waals surface area contributed by atoms with Gasteiger partial charge in [-0.25, -0.2) is 0 Å². The van der Waals surface area contributed by atoms with Crippen LogP contribution in [0.4, 0.5) is 11.4 Å². The zero-order chi connectivity index (χ0) is 14.3. The molecule has 0 radical (unpaired) electrons. The van der Waals surface area contributed by atoms with Crippen LogP contribution in [0.2, 0.25) is 5.02 Å². The number of hydrogen-bond acceptors (Lipinski definition) is 2. The Balaban J connectivity index is 2.02. The molecule has 2 N–H and O–H groups in total. The third kappa shape index (κ3) is 2.04. The highest BCUT2D eigenvalue weighted by Gasteiger charge is 2.28. The summed E-state index contributed by atoms with van der Waals surface area (Å²) in [5.74, 6) is -0.0911. The Hall–Kier alpha value is -2.00. The van der Waals surface area contributed by atoms with Crippen LogP contribution < -0.4 is 10.6 Å². The number of aryl methyl sites for hydroxylation is 1. The van der Waals surface area contributed by atoms with Crippen molar-refractivity contribution >= 4 is 28.9 Å². The van der Waals surface area contributed by atoms with E-state index in [4.69, 9.17) is 17.3 Å². The molecule has 102 valence electrons. The van der Waals surface area contributed by atoms with Crippen molar-refractivity contribution < 1.29 is 4.79 Å². The molecule has 0 atom stereocenters. The number of benzene rings is 2. The molecule has 0 aliphatic carbocycles. The van der Waals surface area contributed by atoms with Crippen LogP contribution in [-0.2, 0) is 6.42 Å². The fourth-order valence-electron chi connectivity index (χ4n) is 2.63. The summed E-state index contributed by atoms with van der Waals surface area (Å²) in [6.07, 6.45) is 0.829. The van der Waals surface area contributed by atoms with Crippen LogP contribution in [0.1, 0.15) is 21.5 Å². The second-order valence-electron chi connectivity index (χ2n) is 5.05. The highest BCUT2D eigenvalue weighted by Crippen LogP contribution is 2.35. The first kappa shape index (κ1) is 13.0. The Morgan fingerprint density at radius 2 is 2.10 bits per heavy atom. The monoisotopic (exact) mass is 286 g/mol. The van der Waals surface area contributed by atoms with Crippen LogP contribution in [0.25, 0.3) is 0 Å². The Morgan fingerprint density at radius 3 is 2.85 bits per heavy atom. The van der Waals surface area contributed by atoms with Crippen LogP contribution in [0.15, 0.2) is 36.4 Å². The molecule has 1 amide bonds. The van der Waals surface area contributed by atoms with Crippen molar-refractivity contribution in [3.8, 4) is 0 Å². The normalized spacial score (nSPS) is 13.4. The molecule has 0 aromatic heterocycles. The lowest BCUT2D eigenvalue weighted by Gasteiger charge is -2.19. The first-order valence-electron chi connectivity index (χ1n) is 6.53. The van der Waals surface area contributed by atoms with Gasteiger partial charge in [0.25, 0.3) is 5.91 Å². The Morgan fingerprint density at radius 1 is 1.30 bits per heavy atom. The number of hydrogen-bond donors (Lipinski definition) is 1. The quantitative estimate of drug-likeness (QED) is 0.816. The zero-order valence-electron chi connectivity index (χ0n) is 11.2. The number of carbonyl (C=O) groups is 1. The number of carbonyl (C=O) groups excluding carboxylic acids is 1. The van der Waals surface area contributed by atoms with Gasteiger partial charge in [0.05, 0.1) is 22.0 Å². The first-order valence-corrected chi connectivity index (χ1v) is 6.91. The maximum atomic E-state index is 12.7. The number of nitrogens with zero attached hydrogens (tertiary/aromatic N) is 1. The van der Waals surface area contributed by atoms with Gasteiger partial charge in [-0.3, -0.25) is 4.79 Å². The van der Waals surface area contributed by atoms with Gasteiger partial charge in [0, 0.05) is 6.54 Å². The number of halogens is 1. The molecule has 0 unspecified atom stereocenters. The van der Waals surface area contributed by atoms with Crippen LogP contribution in [0.3, 0.4) is 0 Å². The van der Waals surface area contributed by atoms with Gasteiger partial charge >= 0.3 is 0 Å². The topological polar surface area (TPSA) is 46.3 Å². The third-order valence-corrected chi connectivity index (χ3v) is 3.94. The van der Waals surface area contributed by atoms with Gasteiger partial charge in [0.1, 0.15) is 0 Å². The number of amides is 1. The second kappa shape index (κ2) is 4.84. The van der Waals surface area contributed by atoms with Gasteiger partial charge in [-0.15, -0.1) is 0 Å². The number of fused-ring (bicyclic) bond motifs is 1. The van der Waals surface area contributed by atoms with E-state index in [2.05, 4.69) is 0 Å². The summed E-state index contributed by atoms with van der Waals surface area (Å²) in [4.78, 5) is 14.4. The molecular formula is C16H15ClN2O. The van der Waals surface area contributed by atoms with Crippen molar-refractivity contribution in [1.82, 2.24) is 0 Å². The highest BCUT2D eigenvalue weighted by atomic mass is 35.5. The minimum Gasteiger partial charge on any atom is -0.397 e. The van der Waals surface area contributed by atoms with Gasteiger partial charge in [0.15, 0.2) is 0 Å². The lowest BCUT2D eigenvalue weighted by atomic mass is 10.1. The number of nitrogens with two attached hydrogens (primary N) is 1. The van der Waals surface area contributed by atoms with E-state index in [1.165, 1.54) is 0 Å². The van der Waals surface area contributed by atoms with Crippen LogP contribution in [0.5, 0.6) is 0 Å². The average Bonchev–Trinajstić information content (AvgIpc) is 2.83. The summed E-state index contributed by atoms with van der Waals surface area (Å²) in [6.45, 7) is 2.59. The predicted octanol–water partition coefficient (Wildman–Crippen LogP) is 3.43. The smallest absolute Gasteiger partial charge is 0.259 e. The molecule has 20 heavy (non-hydrogen) atoms. The zero-order valence-corrected chi connectivity index (χ0v) is 11.9. The summed E-state index contributed by atoms with van der Waals surface area (Å²) < 4.78 is 0. The Labute approximate surface area is 123 Å². The first-order chi connectivity index (χ1) is 9.58. The van der Waals surface area contributed by atoms with Crippen molar-refractivity contribution in [3.05, 3.63) is 58.1 Å². The van der Waals surface area contributed by atoms with Crippen molar-refractivity contribution in [3.63, 3.8) is 0 Å². The molecule has 2 aromatic rings. The van der Waals surface area contributed by atoms with Gasteiger partial charge in [-0.1, -0.05) is 29.8 Å². The maximum Gasteiger partial charge on any atom is 0.259 e. The molecule has 2 aromatic carbocycles. The fourth-order valence-corrected chi connectivity index (χ4v) is 2.94. The maximum absolute atomic E-state index is 12.7. The van der Waals surface area contributed by atoms with Crippen molar-refractivity contribution in [2.75, 3.05) is 17.2 Å². The van der Waals surface area contributed by atoms with Crippen LogP contribution in [-0.4, -0.2) is 12.5 Å². The lowest BCUT2D eigenvalue weighted by molar-refractivity contribution is 0.0989. The van der Waals surface area contributed by atoms with Crippen molar-refractivity contribution in [1.29, 1.82) is 0 Å². The predicted molar refractivity (Wildman–Crippen MR) is 82.4 cm³/mol. The van der Waals surface area contributed by atoms with E-state index in [9.17, 15) is 4.79 Å². The number of rotatable bonds is 1. The number of anilines is 2.